The maximum Gasteiger partial charge on any atom is 0.123 e. The normalized spacial score (nSPS) is 18.5. The minimum atomic E-state index is 0.108. The van der Waals surface area contributed by atoms with E-state index in [1.165, 1.54) is 11.1 Å². The molecule has 0 saturated heterocycles. The minimum absolute atomic E-state index is 0.108. The Labute approximate surface area is 133 Å². The van der Waals surface area contributed by atoms with E-state index in [0.717, 1.165) is 28.3 Å². The van der Waals surface area contributed by atoms with Crippen LogP contribution in [0.1, 0.15) is 34.0 Å². The standard InChI is InChI=1S/C17H16BrClO/c1-10-4-3-5-14(17(10)19)16(18)12-6-7-15-13(9-12)8-11(2)20-15/h3-7,9,11,16H,8H2,1-2H3. The molecule has 0 amide bonds. The highest BCUT2D eigenvalue weighted by atomic mass is 79.9. The SMILES string of the molecule is Cc1cccc(C(Br)c2ccc3c(c2)CC(C)O3)c1Cl. The van der Waals surface area contributed by atoms with Crippen molar-refractivity contribution in [1.29, 1.82) is 0 Å². The van der Waals surface area contributed by atoms with Crippen LogP contribution >= 0.6 is 27.5 Å². The van der Waals surface area contributed by atoms with Crippen LogP contribution < -0.4 is 4.74 Å². The van der Waals surface area contributed by atoms with Crippen LogP contribution in [-0.2, 0) is 6.42 Å². The van der Waals surface area contributed by atoms with Crippen LogP contribution in [0.4, 0.5) is 0 Å². The van der Waals surface area contributed by atoms with Crippen molar-refractivity contribution in [3.63, 3.8) is 0 Å². The Kier molecular flexibility index (Phi) is 3.78. The van der Waals surface area contributed by atoms with Gasteiger partial charge in [-0.05, 0) is 42.2 Å². The molecule has 2 aromatic rings. The molecule has 1 aliphatic heterocycles. The molecular weight excluding hydrogens is 336 g/mol. The van der Waals surface area contributed by atoms with Gasteiger partial charge in [-0.15, -0.1) is 0 Å². The third kappa shape index (κ3) is 2.47. The van der Waals surface area contributed by atoms with Crippen molar-refractivity contribution in [1.82, 2.24) is 0 Å². The van der Waals surface area contributed by atoms with Gasteiger partial charge in [-0.2, -0.15) is 0 Å². The Bertz CT molecular complexity index is 653. The lowest BCUT2D eigenvalue weighted by molar-refractivity contribution is 0.254. The van der Waals surface area contributed by atoms with E-state index in [2.05, 4.69) is 47.1 Å². The molecule has 0 radical (unpaired) electrons. The summed E-state index contributed by atoms with van der Waals surface area (Å²) in [7, 11) is 0. The first-order valence-corrected chi connectivity index (χ1v) is 8.04. The first kappa shape index (κ1) is 14.0. The fraction of sp³-hybridized carbons (Fsp3) is 0.294. The lowest BCUT2D eigenvalue weighted by Gasteiger charge is -2.14. The number of alkyl halides is 1. The van der Waals surface area contributed by atoms with Crippen molar-refractivity contribution in [2.24, 2.45) is 0 Å². The highest BCUT2D eigenvalue weighted by Crippen LogP contribution is 2.39. The van der Waals surface area contributed by atoms with E-state index < -0.39 is 0 Å². The highest BCUT2D eigenvalue weighted by molar-refractivity contribution is 9.09. The number of rotatable bonds is 2. The number of halogens is 2. The second-order valence-corrected chi connectivity index (χ2v) is 6.63. The van der Waals surface area contributed by atoms with Crippen molar-refractivity contribution >= 4 is 27.5 Å². The van der Waals surface area contributed by atoms with Gasteiger partial charge in [-0.25, -0.2) is 0 Å². The molecule has 2 atom stereocenters. The fourth-order valence-electron chi connectivity index (χ4n) is 2.65. The van der Waals surface area contributed by atoms with Crippen LogP contribution in [0, 0.1) is 6.92 Å². The average molecular weight is 352 g/mol. The van der Waals surface area contributed by atoms with Crippen LogP contribution in [-0.4, -0.2) is 6.10 Å². The molecule has 0 bridgehead atoms. The minimum Gasteiger partial charge on any atom is -0.490 e. The zero-order chi connectivity index (χ0) is 14.3. The molecule has 20 heavy (non-hydrogen) atoms. The van der Waals surface area contributed by atoms with E-state index in [-0.39, 0.29) is 10.9 Å². The average Bonchev–Trinajstić information content (AvgIpc) is 2.80. The lowest BCUT2D eigenvalue weighted by Crippen LogP contribution is -2.05. The first-order valence-electron chi connectivity index (χ1n) is 6.75. The van der Waals surface area contributed by atoms with Gasteiger partial charge in [-0.3, -0.25) is 0 Å². The third-order valence-electron chi connectivity index (χ3n) is 3.71. The zero-order valence-electron chi connectivity index (χ0n) is 11.5. The van der Waals surface area contributed by atoms with Gasteiger partial charge < -0.3 is 4.74 Å². The van der Waals surface area contributed by atoms with Gasteiger partial charge >= 0.3 is 0 Å². The fourth-order valence-corrected chi connectivity index (χ4v) is 3.68. The molecule has 1 aliphatic rings. The monoisotopic (exact) mass is 350 g/mol. The molecule has 0 spiro atoms. The second-order valence-electron chi connectivity index (χ2n) is 5.34. The van der Waals surface area contributed by atoms with E-state index in [0.29, 0.717) is 0 Å². The number of benzene rings is 2. The maximum absolute atomic E-state index is 6.42. The Hall–Kier alpha value is -0.990. The molecule has 2 unspecified atom stereocenters. The smallest absolute Gasteiger partial charge is 0.123 e. The number of hydrogen-bond donors (Lipinski definition) is 0. The lowest BCUT2D eigenvalue weighted by atomic mass is 10.00. The van der Waals surface area contributed by atoms with Crippen molar-refractivity contribution in [3.05, 3.63) is 63.7 Å². The van der Waals surface area contributed by atoms with Crippen molar-refractivity contribution in [2.45, 2.75) is 31.2 Å². The van der Waals surface area contributed by atoms with E-state index in [9.17, 15) is 0 Å². The van der Waals surface area contributed by atoms with Crippen molar-refractivity contribution < 1.29 is 4.74 Å². The van der Waals surface area contributed by atoms with Gasteiger partial charge in [0, 0.05) is 11.4 Å². The Morgan fingerprint density at radius 1 is 1.30 bits per heavy atom. The van der Waals surface area contributed by atoms with Gasteiger partial charge in [0.15, 0.2) is 0 Å². The van der Waals surface area contributed by atoms with Crippen molar-refractivity contribution in [2.75, 3.05) is 0 Å². The number of ether oxygens (including phenoxy) is 1. The summed E-state index contributed by atoms with van der Waals surface area (Å²) in [6, 6.07) is 12.5. The number of fused-ring (bicyclic) bond motifs is 1. The van der Waals surface area contributed by atoms with Gasteiger partial charge in [0.2, 0.25) is 0 Å². The summed E-state index contributed by atoms with van der Waals surface area (Å²) in [5.41, 5.74) is 4.71. The van der Waals surface area contributed by atoms with Gasteiger partial charge in [0.1, 0.15) is 11.9 Å². The summed E-state index contributed by atoms with van der Waals surface area (Å²) in [5.74, 6) is 1.01. The molecule has 0 saturated carbocycles. The van der Waals surface area contributed by atoms with Crippen LogP contribution in [0.2, 0.25) is 5.02 Å². The van der Waals surface area contributed by atoms with E-state index >= 15 is 0 Å². The summed E-state index contributed by atoms with van der Waals surface area (Å²) in [4.78, 5) is 0.108. The predicted octanol–water partition coefficient (Wildman–Crippen LogP) is 5.46. The topological polar surface area (TPSA) is 9.23 Å². The first-order chi connectivity index (χ1) is 9.56. The third-order valence-corrected chi connectivity index (χ3v) is 5.25. The zero-order valence-corrected chi connectivity index (χ0v) is 13.8. The number of hydrogen-bond acceptors (Lipinski definition) is 1. The summed E-state index contributed by atoms with van der Waals surface area (Å²) in [6.07, 6.45) is 1.25. The quantitative estimate of drug-likeness (QED) is 0.653. The molecule has 104 valence electrons. The molecule has 0 aromatic heterocycles. The van der Waals surface area contributed by atoms with Crippen LogP contribution in [0.5, 0.6) is 5.75 Å². The van der Waals surface area contributed by atoms with Gasteiger partial charge in [-0.1, -0.05) is 57.9 Å². The van der Waals surface area contributed by atoms with Gasteiger partial charge in [0.05, 0.1) is 4.83 Å². The molecule has 0 fully saturated rings. The molecule has 1 nitrogen and oxygen atoms in total. The molecule has 1 heterocycles. The van der Waals surface area contributed by atoms with Crippen molar-refractivity contribution in [3.8, 4) is 5.75 Å². The van der Waals surface area contributed by atoms with Crippen LogP contribution in [0.25, 0.3) is 0 Å². The maximum atomic E-state index is 6.42. The molecule has 0 aliphatic carbocycles. The molecular formula is C17H16BrClO. The largest absolute Gasteiger partial charge is 0.490 e. The summed E-state index contributed by atoms with van der Waals surface area (Å²) in [5, 5.41) is 0.833. The van der Waals surface area contributed by atoms with E-state index in [1.54, 1.807) is 0 Å². The summed E-state index contributed by atoms with van der Waals surface area (Å²) in [6.45, 7) is 4.13. The van der Waals surface area contributed by atoms with E-state index in [4.69, 9.17) is 16.3 Å². The molecule has 3 rings (SSSR count). The Morgan fingerprint density at radius 2 is 2.10 bits per heavy atom. The molecule has 3 heteroatoms. The van der Waals surface area contributed by atoms with Gasteiger partial charge in [0.25, 0.3) is 0 Å². The highest BCUT2D eigenvalue weighted by Gasteiger charge is 2.21. The summed E-state index contributed by atoms with van der Waals surface area (Å²) >= 11 is 10.2. The number of aryl methyl sites for hydroxylation is 1. The second kappa shape index (κ2) is 5.42. The van der Waals surface area contributed by atoms with E-state index in [1.807, 2.05) is 19.1 Å². The van der Waals surface area contributed by atoms with Crippen LogP contribution in [0.15, 0.2) is 36.4 Å². The van der Waals surface area contributed by atoms with Crippen LogP contribution in [0.3, 0.4) is 0 Å². The predicted molar refractivity (Wildman–Crippen MR) is 87.2 cm³/mol. The molecule has 2 aromatic carbocycles. The Morgan fingerprint density at radius 3 is 2.90 bits per heavy atom. The summed E-state index contributed by atoms with van der Waals surface area (Å²) < 4.78 is 5.75. The Balaban J connectivity index is 1.97. The molecule has 0 N–H and O–H groups in total.